The van der Waals surface area contributed by atoms with E-state index in [-0.39, 0.29) is 0 Å². The number of hydrogen-bond donors (Lipinski definition) is 0. The molecule has 1 aromatic rings. The molecule has 0 amide bonds. The summed E-state index contributed by atoms with van der Waals surface area (Å²) in [5, 5.41) is 0. The summed E-state index contributed by atoms with van der Waals surface area (Å²) < 4.78 is 0. The van der Waals surface area contributed by atoms with Crippen molar-refractivity contribution in [3.8, 4) is 0 Å². The lowest BCUT2D eigenvalue weighted by Gasteiger charge is -2.47. The predicted molar refractivity (Wildman–Crippen MR) is 79.7 cm³/mol. The van der Waals surface area contributed by atoms with Crippen LogP contribution in [0.3, 0.4) is 0 Å². The molecule has 0 aromatic heterocycles. The van der Waals surface area contributed by atoms with Crippen LogP contribution in [0.2, 0.25) is 0 Å². The molecule has 0 aliphatic carbocycles. The Hall–Kier alpha value is -1.02. The molecule has 1 aromatic carbocycles. The predicted octanol–water partition coefficient (Wildman–Crippen LogP) is 2.92. The van der Waals surface area contributed by atoms with Gasteiger partial charge in [-0.3, -0.25) is 4.90 Å². The molecule has 1 unspecified atom stereocenters. The highest BCUT2D eigenvalue weighted by Crippen LogP contribution is 2.34. The van der Waals surface area contributed by atoms with Crippen molar-refractivity contribution in [2.45, 2.75) is 38.1 Å². The topological polar surface area (TPSA) is 6.48 Å². The van der Waals surface area contributed by atoms with E-state index in [1.54, 1.807) is 5.56 Å². The summed E-state index contributed by atoms with van der Waals surface area (Å²) >= 11 is 0. The average Bonchev–Trinajstić information content (AvgIpc) is 2.49. The fourth-order valence-electron chi connectivity index (χ4n) is 4.33. The number of rotatable bonds is 2. The van der Waals surface area contributed by atoms with E-state index in [1.807, 2.05) is 0 Å². The molecule has 2 bridgehead atoms. The molecule has 102 valence electrons. The molecule has 0 radical (unpaired) electrons. The maximum atomic E-state index is 2.75. The normalized spacial score (nSPS) is 33.3. The molecule has 3 saturated heterocycles. The van der Waals surface area contributed by atoms with E-state index >= 15 is 0 Å². The molecule has 19 heavy (non-hydrogen) atoms. The number of hydrogen-bond acceptors (Lipinski definition) is 2. The summed E-state index contributed by atoms with van der Waals surface area (Å²) in [6.45, 7) is 5.22. The van der Waals surface area contributed by atoms with Crippen molar-refractivity contribution < 1.29 is 0 Å². The zero-order valence-corrected chi connectivity index (χ0v) is 11.7. The van der Waals surface area contributed by atoms with Gasteiger partial charge in [0, 0.05) is 24.8 Å². The molecule has 4 aliphatic rings. The van der Waals surface area contributed by atoms with E-state index in [1.165, 1.54) is 64.0 Å². The lowest BCUT2D eigenvalue weighted by Crippen LogP contribution is -2.53. The highest BCUT2D eigenvalue weighted by atomic mass is 15.2. The third kappa shape index (κ3) is 2.16. The third-order valence-electron chi connectivity index (χ3n) is 5.41. The van der Waals surface area contributed by atoms with Gasteiger partial charge in [0.15, 0.2) is 0 Å². The van der Waals surface area contributed by atoms with Crippen molar-refractivity contribution in [1.29, 1.82) is 0 Å². The van der Waals surface area contributed by atoms with Gasteiger partial charge in [0.2, 0.25) is 0 Å². The van der Waals surface area contributed by atoms with Gasteiger partial charge in [0.05, 0.1) is 0 Å². The van der Waals surface area contributed by atoms with E-state index in [9.17, 15) is 0 Å². The maximum absolute atomic E-state index is 2.75. The minimum atomic E-state index is 0.818. The first kappa shape index (κ1) is 11.8. The van der Waals surface area contributed by atoms with Gasteiger partial charge in [-0.15, -0.1) is 0 Å². The second-order valence-electron chi connectivity index (χ2n) is 6.55. The Balaban J connectivity index is 1.52. The van der Waals surface area contributed by atoms with Gasteiger partial charge in [-0.1, -0.05) is 18.2 Å². The van der Waals surface area contributed by atoms with Crippen molar-refractivity contribution in [2.75, 3.05) is 31.1 Å². The number of piperidine rings is 3. The van der Waals surface area contributed by atoms with Gasteiger partial charge in [0.25, 0.3) is 0 Å². The van der Waals surface area contributed by atoms with Crippen LogP contribution in [0.25, 0.3) is 0 Å². The molecular formula is C17H24N2. The van der Waals surface area contributed by atoms with Crippen LogP contribution in [0.4, 0.5) is 5.69 Å². The highest BCUT2D eigenvalue weighted by molar-refractivity contribution is 5.55. The number of aryl methyl sites for hydroxylation is 1. The SMILES string of the molecule is c1ccc2c(c1)CCCN2CC1CC2CCN1CC2. The van der Waals surface area contributed by atoms with E-state index in [2.05, 4.69) is 34.1 Å². The maximum Gasteiger partial charge on any atom is 0.0399 e. The molecule has 0 saturated carbocycles. The van der Waals surface area contributed by atoms with E-state index < -0.39 is 0 Å². The molecule has 2 heteroatoms. The number of para-hydroxylation sites is 1. The van der Waals surface area contributed by atoms with Gasteiger partial charge < -0.3 is 4.90 Å². The molecule has 4 aliphatic heterocycles. The smallest absolute Gasteiger partial charge is 0.0399 e. The van der Waals surface area contributed by atoms with Crippen LogP contribution in [0.5, 0.6) is 0 Å². The summed E-state index contributed by atoms with van der Waals surface area (Å²) in [6, 6.07) is 9.84. The van der Waals surface area contributed by atoms with Crippen molar-refractivity contribution >= 4 is 5.69 Å². The van der Waals surface area contributed by atoms with Crippen molar-refractivity contribution in [3.05, 3.63) is 29.8 Å². The zero-order valence-electron chi connectivity index (χ0n) is 11.7. The van der Waals surface area contributed by atoms with Crippen molar-refractivity contribution in [1.82, 2.24) is 4.90 Å². The van der Waals surface area contributed by atoms with Gasteiger partial charge in [-0.2, -0.15) is 0 Å². The lowest BCUT2D eigenvalue weighted by molar-refractivity contribution is 0.0529. The quantitative estimate of drug-likeness (QED) is 0.803. The molecule has 2 nitrogen and oxygen atoms in total. The first-order valence-corrected chi connectivity index (χ1v) is 7.97. The summed E-state index contributed by atoms with van der Waals surface area (Å²) in [7, 11) is 0. The Bertz CT molecular complexity index is 448. The summed E-state index contributed by atoms with van der Waals surface area (Å²) in [5.41, 5.74) is 3.07. The van der Waals surface area contributed by atoms with E-state index in [0.717, 1.165) is 12.0 Å². The zero-order chi connectivity index (χ0) is 12.7. The number of benzene rings is 1. The highest BCUT2D eigenvalue weighted by Gasteiger charge is 2.34. The molecule has 0 N–H and O–H groups in total. The van der Waals surface area contributed by atoms with Gasteiger partial charge in [0.1, 0.15) is 0 Å². The second-order valence-corrected chi connectivity index (χ2v) is 6.55. The molecule has 1 atom stereocenters. The van der Waals surface area contributed by atoms with Crippen LogP contribution in [-0.2, 0) is 6.42 Å². The Kier molecular flexibility index (Phi) is 2.99. The Morgan fingerprint density at radius 1 is 1.05 bits per heavy atom. The Labute approximate surface area is 116 Å². The van der Waals surface area contributed by atoms with Gasteiger partial charge in [-0.05, 0) is 62.7 Å². The van der Waals surface area contributed by atoms with Gasteiger partial charge in [-0.25, -0.2) is 0 Å². The van der Waals surface area contributed by atoms with E-state index in [0.29, 0.717) is 0 Å². The largest absolute Gasteiger partial charge is 0.370 e. The monoisotopic (exact) mass is 256 g/mol. The number of anilines is 1. The van der Waals surface area contributed by atoms with Gasteiger partial charge >= 0.3 is 0 Å². The van der Waals surface area contributed by atoms with Crippen LogP contribution in [0.1, 0.15) is 31.2 Å². The van der Waals surface area contributed by atoms with Crippen molar-refractivity contribution in [2.24, 2.45) is 5.92 Å². The standard InChI is InChI=1S/C17H24N2/c1-2-6-17-15(4-1)5-3-9-19(17)13-16-12-14-7-10-18(16)11-8-14/h1-2,4,6,14,16H,3,5,7-13H2. The van der Waals surface area contributed by atoms with Crippen molar-refractivity contribution in [3.63, 3.8) is 0 Å². The molecule has 3 fully saturated rings. The Morgan fingerprint density at radius 3 is 2.68 bits per heavy atom. The van der Waals surface area contributed by atoms with E-state index in [4.69, 9.17) is 0 Å². The average molecular weight is 256 g/mol. The molecule has 5 rings (SSSR count). The first-order chi connectivity index (χ1) is 9.40. The lowest BCUT2D eigenvalue weighted by atomic mass is 9.83. The number of fused-ring (bicyclic) bond motifs is 4. The van der Waals surface area contributed by atoms with Crippen LogP contribution >= 0.6 is 0 Å². The second kappa shape index (κ2) is 4.82. The fraction of sp³-hybridized carbons (Fsp3) is 0.647. The molecule has 4 heterocycles. The Morgan fingerprint density at radius 2 is 1.89 bits per heavy atom. The van der Waals surface area contributed by atoms with Crippen LogP contribution < -0.4 is 4.90 Å². The molecule has 0 spiro atoms. The fourth-order valence-corrected chi connectivity index (χ4v) is 4.33. The minimum Gasteiger partial charge on any atom is -0.370 e. The molecular weight excluding hydrogens is 232 g/mol. The van der Waals surface area contributed by atoms with Crippen LogP contribution in [-0.4, -0.2) is 37.1 Å². The third-order valence-corrected chi connectivity index (χ3v) is 5.41. The summed E-state index contributed by atoms with van der Waals surface area (Å²) in [4.78, 5) is 5.40. The van der Waals surface area contributed by atoms with Crippen LogP contribution in [0, 0.1) is 5.92 Å². The number of nitrogens with zero attached hydrogens (tertiary/aromatic N) is 2. The summed E-state index contributed by atoms with van der Waals surface area (Å²) in [5.74, 6) is 1.02. The van der Waals surface area contributed by atoms with Crippen LogP contribution in [0.15, 0.2) is 24.3 Å². The minimum absolute atomic E-state index is 0.818. The summed E-state index contributed by atoms with van der Waals surface area (Å²) in [6.07, 6.45) is 6.94. The first-order valence-electron chi connectivity index (χ1n) is 7.97.